The zero-order valence-electron chi connectivity index (χ0n) is 18.8. The molecule has 0 aliphatic carbocycles. The van der Waals surface area contributed by atoms with Crippen molar-refractivity contribution in [3.05, 3.63) is 60.7 Å². The Balaban J connectivity index is 1.50. The third-order valence-electron chi connectivity index (χ3n) is 4.03. The van der Waals surface area contributed by atoms with Gasteiger partial charge in [-0.25, -0.2) is 14.4 Å². The van der Waals surface area contributed by atoms with Crippen molar-refractivity contribution in [3.63, 3.8) is 0 Å². The van der Waals surface area contributed by atoms with Crippen molar-refractivity contribution in [2.24, 2.45) is 0 Å². The third-order valence-corrected chi connectivity index (χ3v) is 4.03. The van der Waals surface area contributed by atoms with E-state index in [1.165, 1.54) is 0 Å². The van der Waals surface area contributed by atoms with Crippen LogP contribution in [0.1, 0.15) is 6.42 Å². The minimum atomic E-state index is -1.88. The lowest BCUT2D eigenvalue weighted by Crippen LogP contribution is -2.30. The second-order valence-corrected chi connectivity index (χ2v) is 6.75. The van der Waals surface area contributed by atoms with Crippen molar-refractivity contribution >= 4 is 23.9 Å². The summed E-state index contributed by atoms with van der Waals surface area (Å²) in [4.78, 5) is 46.5. The van der Waals surface area contributed by atoms with Gasteiger partial charge in [0.15, 0.2) is 19.3 Å². The molecule has 0 bridgehead atoms. The summed E-state index contributed by atoms with van der Waals surface area (Å²) < 4.78 is 29.6. The summed E-state index contributed by atoms with van der Waals surface area (Å²) in [5.74, 6) is -2.72. The standard InChI is InChI=1S/C24H26O11/c25-20(24(29)35-17-23(28)33-14-12-31-19-9-5-2-6-10-19)15-21(26)34-16-22(27)32-13-11-30-18-7-3-1-4-8-18/h1-10,20,25H,11-17H2. The van der Waals surface area contributed by atoms with Crippen LogP contribution in [-0.2, 0) is 38.1 Å². The van der Waals surface area contributed by atoms with Crippen molar-refractivity contribution < 1.29 is 52.7 Å². The van der Waals surface area contributed by atoms with Crippen LogP contribution < -0.4 is 9.47 Å². The molecule has 2 rings (SSSR count). The quantitative estimate of drug-likeness (QED) is 0.217. The molecule has 0 saturated carbocycles. The largest absolute Gasteiger partial charge is 0.490 e. The average Bonchev–Trinajstić information content (AvgIpc) is 2.87. The first-order chi connectivity index (χ1) is 16.9. The molecule has 11 nitrogen and oxygen atoms in total. The van der Waals surface area contributed by atoms with Gasteiger partial charge >= 0.3 is 23.9 Å². The van der Waals surface area contributed by atoms with Crippen molar-refractivity contribution in [2.45, 2.75) is 12.5 Å². The van der Waals surface area contributed by atoms with Crippen molar-refractivity contribution in [1.82, 2.24) is 0 Å². The van der Waals surface area contributed by atoms with E-state index < -0.39 is 49.6 Å². The molecule has 0 amide bonds. The first kappa shape index (κ1) is 27.1. The molecule has 0 saturated heterocycles. The van der Waals surface area contributed by atoms with Gasteiger partial charge in [-0.05, 0) is 24.3 Å². The van der Waals surface area contributed by atoms with Crippen LogP contribution in [0.25, 0.3) is 0 Å². The van der Waals surface area contributed by atoms with Crippen molar-refractivity contribution in [3.8, 4) is 11.5 Å². The molecule has 2 aromatic carbocycles. The van der Waals surface area contributed by atoms with Crippen molar-refractivity contribution in [2.75, 3.05) is 39.6 Å². The van der Waals surface area contributed by atoms with E-state index in [-0.39, 0.29) is 26.4 Å². The van der Waals surface area contributed by atoms with Gasteiger partial charge in [-0.3, -0.25) is 4.79 Å². The van der Waals surface area contributed by atoms with E-state index >= 15 is 0 Å². The molecule has 0 heterocycles. The van der Waals surface area contributed by atoms with Crippen LogP contribution in [0.4, 0.5) is 0 Å². The fourth-order valence-corrected chi connectivity index (χ4v) is 2.41. The Hall–Kier alpha value is -4.12. The number of carbonyl (C=O) groups excluding carboxylic acids is 4. The lowest BCUT2D eigenvalue weighted by Gasteiger charge is -2.11. The maximum Gasteiger partial charge on any atom is 0.344 e. The van der Waals surface area contributed by atoms with E-state index in [1.54, 1.807) is 48.5 Å². The fourth-order valence-electron chi connectivity index (χ4n) is 2.41. The minimum absolute atomic E-state index is 0.0608. The molecule has 188 valence electrons. The summed E-state index contributed by atoms with van der Waals surface area (Å²) in [6, 6.07) is 17.8. The molecule has 0 aliphatic rings. The second-order valence-electron chi connectivity index (χ2n) is 6.75. The Kier molecular flexibility index (Phi) is 12.1. The van der Waals surface area contributed by atoms with E-state index in [0.29, 0.717) is 11.5 Å². The van der Waals surface area contributed by atoms with Crippen LogP contribution in [-0.4, -0.2) is 74.7 Å². The Morgan fingerprint density at radius 1 is 0.600 bits per heavy atom. The first-order valence-corrected chi connectivity index (χ1v) is 10.6. The number of rotatable bonds is 15. The number of hydrogen-bond donors (Lipinski definition) is 1. The molecule has 0 radical (unpaired) electrons. The first-order valence-electron chi connectivity index (χ1n) is 10.6. The summed E-state index contributed by atoms with van der Waals surface area (Å²) in [6.07, 6.45) is -2.66. The van der Waals surface area contributed by atoms with Gasteiger partial charge in [-0.2, -0.15) is 0 Å². The molecule has 1 unspecified atom stereocenters. The van der Waals surface area contributed by atoms with Gasteiger partial charge in [0.1, 0.15) is 37.9 Å². The summed E-state index contributed by atoms with van der Waals surface area (Å²) >= 11 is 0. The SMILES string of the molecule is O=C(COC(=O)CC(O)C(=O)OCC(=O)OCCOc1ccccc1)OCCOc1ccccc1. The molecular weight excluding hydrogens is 464 g/mol. The number of aliphatic hydroxyl groups excluding tert-OH is 1. The second kappa shape index (κ2) is 15.7. The number of para-hydroxylation sites is 2. The smallest absolute Gasteiger partial charge is 0.344 e. The molecule has 1 atom stereocenters. The van der Waals surface area contributed by atoms with E-state index in [1.807, 2.05) is 12.1 Å². The van der Waals surface area contributed by atoms with Gasteiger partial charge < -0.3 is 33.5 Å². The van der Waals surface area contributed by atoms with Crippen LogP contribution in [0.5, 0.6) is 11.5 Å². The van der Waals surface area contributed by atoms with Crippen LogP contribution in [0, 0.1) is 0 Å². The minimum Gasteiger partial charge on any atom is -0.490 e. The lowest BCUT2D eigenvalue weighted by atomic mass is 10.2. The highest BCUT2D eigenvalue weighted by Crippen LogP contribution is 2.08. The van der Waals surface area contributed by atoms with Crippen LogP contribution >= 0.6 is 0 Å². The van der Waals surface area contributed by atoms with Crippen molar-refractivity contribution in [1.29, 1.82) is 0 Å². The van der Waals surface area contributed by atoms with E-state index in [9.17, 15) is 24.3 Å². The average molecular weight is 490 g/mol. The lowest BCUT2D eigenvalue weighted by molar-refractivity contribution is -0.168. The molecule has 35 heavy (non-hydrogen) atoms. The Morgan fingerprint density at radius 2 is 1.06 bits per heavy atom. The van der Waals surface area contributed by atoms with E-state index in [4.69, 9.17) is 18.9 Å². The maximum atomic E-state index is 11.7. The zero-order valence-corrected chi connectivity index (χ0v) is 18.8. The predicted octanol–water partition coefficient (Wildman–Crippen LogP) is 1.07. The van der Waals surface area contributed by atoms with Gasteiger partial charge in [-0.1, -0.05) is 36.4 Å². The van der Waals surface area contributed by atoms with Gasteiger partial charge in [0, 0.05) is 0 Å². The molecule has 0 fully saturated rings. The van der Waals surface area contributed by atoms with Crippen LogP contribution in [0.3, 0.4) is 0 Å². The predicted molar refractivity (Wildman–Crippen MR) is 118 cm³/mol. The highest BCUT2D eigenvalue weighted by atomic mass is 16.6. The maximum absolute atomic E-state index is 11.7. The Morgan fingerprint density at radius 3 is 1.54 bits per heavy atom. The molecule has 2 aromatic rings. The van der Waals surface area contributed by atoms with Gasteiger partial charge in [-0.15, -0.1) is 0 Å². The summed E-state index contributed by atoms with van der Waals surface area (Å²) in [5.41, 5.74) is 0. The summed E-state index contributed by atoms with van der Waals surface area (Å²) in [6.45, 7) is -1.39. The number of ether oxygens (including phenoxy) is 6. The highest BCUT2D eigenvalue weighted by Gasteiger charge is 2.23. The fraction of sp³-hybridized carbons (Fsp3) is 0.333. The molecular formula is C24H26O11. The molecule has 0 aliphatic heterocycles. The number of esters is 4. The number of carbonyl (C=O) groups is 4. The van der Waals surface area contributed by atoms with Gasteiger partial charge in [0.2, 0.25) is 0 Å². The molecule has 0 aromatic heterocycles. The molecule has 11 heteroatoms. The van der Waals surface area contributed by atoms with Crippen LogP contribution in [0.15, 0.2) is 60.7 Å². The topological polar surface area (TPSA) is 144 Å². The Bertz CT molecular complexity index is 931. The number of hydrogen-bond acceptors (Lipinski definition) is 11. The number of benzene rings is 2. The van der Waals surface area contributed by atoms with Crippen LogP contribution in [0.2, 0.25) is 0 Å². The molecule has 0 spiro atoms. The summed E-state index contributed by atoms with van der Waals surface area (Å²) in [5, 5.41) is 9.71. The zero-order chi connectivity index (χ0) is 25.3. The summed E-state index contributed by atoms with van der Waals surface area (Å²) in [7, 11) is 0. The van der Waals surface area contributed by atoms with Gasteiger partial charge in [0.05, 0.1) is 6.42 Å². The third kappa shape index (κ3) is 12.1. The monoisotopic (exact) mass is 490 g/mol. The number of aliphatic hydroxyl groups is 1. The normalized spacial score (nSPS) is 11.0. The Labute approximate surface area is 201 Å². The highest BCUT2D eigenvalue weighted by molar-refractivity contribution is 5.84. The van der Waals surface area contributed by atoms with E-state index in [0.717, 1.165) is 0 Å². The molecule has 1 N–H and O–H groups in total. The van der Waals surface area contributed by atoms with Gasteiger partial charge in [0.25, 0.3) is 0 Å². The van der Waals surface area contributed by atoms with E-state index in [2.05, 4.69) is 9.47 Å².